The smallest absolute Gasteiger partial charge is 0.146 e. The summed E-state index contributed by atoms with van der Waals surface area (Å²) >= 11 is 0. The summed E-state index contributed by atoms with van der Waals surface area (Å²) < 4.78 is 6.03. The second-order valence-electron chi connectivity index (χ2n) is 10.2. The Morgan fingerprint density at radius 2 is 1.85 bits per heavy atom. The molecule has 1 aliphatic heterocycles. The van der Waals surface area contributed by atoms with Crippen molar-refractivity contribution in [2.45, 2.75) is 58.8 Å². The summed E-state index contributed by atoms with van der Waals surface area (Å²) in [5, 5.41) is 0. The number of likely N-dealkylation sites (tertiary alicyclic amines) is 1. The van der Waals surface area contributed by atoms with E-state index in [9.17, 15) is 9.59 Å². The van der Waals surface area contributed by atoms with Crippen LogP contribution in [0.3, 0.4) is 0 Å². The van der Waals surface area contributed by atoms with Crippen molar-refractivity contribution in [3.8, 4) is 5.75 Å². The van der Waals surface area contributed by atoms with Crippen LogP contribution in [-0.4, -0.2) is 42.7 Å². The van der Waals surface area contributed by atoms with Gasteiger partial charge in [-0.1, -0.05) is 44.2 Å². The predicted octanol–water partition coefficient (Wildman–Crippen LogP) is 4.94. The van der Waals surface area contributed by atoms with Gasteiger partial charge in [-0.15, -0.1) is 0 Å². The molecule has 2 aliphatic rings. The number of carbonyl (C=O) groups excluding carboxylic acids is 2. The lowest BCUT2D eigenvalue weighted by Crippen LogP contribution is -2.49. The first-order chi connectivity index (χ1) is 15.8. The van der Waals surface area contributed by atoms with Gasteiger partial charge in [0.25, 0.3) is 0 Å². The summed E-state index contributed by atoms with van der Waals surface area (Å²) in [6, 6.07) is 14.6. The minimum Gasteiger partial charge on any atom is -0.492 e. The van der Waals surface area contributed by atoms with Crippen molar-refractivity contribution in [1.29, 1.82) is 0 Å². The summed E-state index contributed by atoms with van der Waals surface area (Å²) in [4.78, 5) is 27.6. The second-order valence-corrected chi connectivity index (χ2v) is 10.2. The molecule has 33 heavy (non-hydrogen) atoms. The Balaban J connectivity index is 1.39. The van der Waals surface area contributed by atoms with Crippen molar-refractivity contribution in [3.05, 3.63) is 64.7 Å². The molecule has 0 aromatic heterocycles. The van der Waals surface area contributed by atoms with Crippen LogP contribution in [0.15, 0.2) is 42.5 Å². The molecule has 1 aliphatic carbocycles. The van der Waals surface area contributed by atoms with E-state index in [4.69, 9.17) is 4.74 Å². The molecule has 0 amide bonds. The van der Waals surface area contributed by atoms with Gasteiger partial charge in [0.05, 0.1) is 5.41 Å². The highest BCUT2D eigenvalue weighted by Crippen LogP contribution is 2.44. The number of carbonyl (C=O) groups is 2. The summed E-state index contributed by atoms with van der Waals surface area (Å²) in [7, 11) is 0. The highest BCUT2D eigenvalue weighted by molar-refractivity contribution is 5.93. The third kappa shape index (κ3) is 4.91. The molecular weight excluding hydrogens is 410 g/mol. The van der Waals surface area contributed by atoms with Crippen LogP contribution in [0.1, 0.15) is 55.9 Å². The standard InChI is InChI=1S/C29H37NO3/c1-20-9-10-26(19-25(20)18-22(3)31)33-16-15-30-13-11-29(12-14-30)27-8-6-5-7-24(27)17-21(2)23(4)28(29)32/h5-10,19,21,23H,11-18H2,1-4H3. The molecule has 1 spiro atoms. The fourth-order valence-corrected chi connectivity index (χ4v) is 5.68. The van der Waals surface area contributed by atoms with E-state index in [-0.39, 0.29) is 17.1 Å². The van der Waals surface area contributed by atoms with Crippen molar-refractivity contribution < 1.29 is 14.3 Å². The van der Waals surface area contributed by atoms with E-state index in [0.29, 0.717) is 24.7 Å². The molecule has 176 valence electrons. The Hall–Kier alpha value is -2.46. The van der Waals surface area contributed by atoms with Gasteiger partial charge in [0, 0.05) is 18.9 Å². The third-order valence-corrected chi connectivity index (χ3v) is 7.96. The van der Waals surface area contributed by atoms with Crippen molar-refractivity contribution in [2.24, 2.45) is 11.8 Å². The summed E-state index contributed by atoms with van der Waals surface area (Å²) in [6.07, 6.45) is 3.20. The van der Waals surface area contributed by atoms with E-state index in [1.807, 2.05) is 25.1 Å². The van der Waals surface area contributed by atoms with Crippen LogP contribution in [0.4, 0.5) is 0 Å². The lowest BCUT2D eigenvalue weighted by molar-refractivity contribution is -0.131. The van der Waals surface area contributed by atoms with Gasteiger partial charge in [-0.3, -0.25) is 14.5 Å². The summed E-state index contributed by atoms with van der Waals surface area (Å²) in [5.74, 6) is 1.90. The minimum atomic E-state index is -0.337. The Morgan fingerprint density at radius 1 is 1.12 bits per heavy atom. The molecule has 4 heteroatoms. The number of nitrogens with zero attached hydrogens (tertiary/aromatic N) is 1. The highest BCUT2D eigenvalue weighted by Gasteiger charge is 2.47. The topological polar surface area (TPSA) is 46.6 Å². The molecule has 2 atom stereocenters. The molecule has 0 saturated carbocycles. The molecule has 0 radical (unpaired) electrons. The number of fused-ring (bicyclic) bond motifs is 2. The van der Waals surface area contributed by atoms with Gasteiger partial charge >= 0.3 is 0 Å². The molecule has 1 heterocycles. The maximum Gasteiger partial charge on any atom is 0.146 e. The lowest BCUT2D eigenvalue weighted by atomic mass is 9.66. The number of Topliss-reactive ketones (excluding diaryl/α,β-unsaturated/α-hetero) is 2. The van der Waals surface area contributed by atoms with Crippen LogP contribution in [0.25, 0.3) is 0 Å². The number of piperidine rings is 1. The minimum absolute atomic E-state index is 0.0954. The van der Waals surface area contributed by atoms with E-state index in [1.165, 1.54) is 11.1 Å². The molecular formula is C29H37NO3. The van der Waals surface area contributed by atoms with Crippen LogP contribution in [-0.2, 0) is 27.8 Å². The molecule has 1 fully saturated rings. The van der Waals surface area contributed by atoms with E-state index in [0.717, 1.165) is 55.8 Å². The summed E-state index contributed by atoms with van der Waals surface area (Å²) in [5.41, 5.74) is 4.46. The van der Waals surface area contributed by atoms with E-state index >= 15 is 0 Å². The maximum absolute atomic E-state index is 13.7. The molecule has 4 nitrogen and oxygen atoms in total. The van der Waals surface area contributed by atoms with Gasteiger partial charge in [0.1, 0.15) is 23.9 Å². The lowest BCUT2D eigenvalue weighted by Gasteiger charge is -2.42. The zero-order chi connectivity index (χ0) is 23.6. The first-order valence-corrected chi connectivity index (χ1v) is 12.4. The molecule has 0 bridgehead atoms. The number of ketones is 2. The first kappa shape index (κ1) is 23.7. The van der Waals surface area contributed by atoms with Crippen LogP contribution in [0.2, 0.25) is 0 Å². The molecule has 2 aromatic rings. The fourth-order valence-electron chi connectivity index (χ4n) is 5.68. The largest absolute Gasteiger partial charge is 0.492 e. The maximum atomic E-state index is 13.7. The quantitative estimate of drug-likeness (QED) is 0.630. The average Bonchev–Trinajstić information content (AvgIpc) is 2.87. The van der Waals surface area contributed by atoms with Crippen molar-refractivity contribution in [2.75, 3.05) is 26.2 Å². The van der Waals surface area contributed by atoms with Crippen LogP contribution >= 0.6 is 0 Å². The zero-order valence-electron chi connectivity index (χ0n) is 20.5. The van der Waals surface area contributed by atoms with Crippen LogP contribution in [0.5, 0.6) is 5.75 Å². The Morgan fingerprint density at radius 3 is 2.58 bits per heavy atom. The molecule has 2 unspecified atom stereocenters. The molecule has 0 N–H and O–H groups in total. The van der Waals surface area contributed by atoms with Gasteiger partial charge in [-0.2, -0.15) is 0 Å². The Bertz CT molecular complexity index is 1020. The summed E-state index contributed by atoms with van der Waals surface area (Å²) in [6.45, 7) is 11.3. The third-order valence-electron chi connectivity index (χ3n) is 7.96. The number of hydrogen-bond acceptors (Lipinski definition) is 4. The van der Waals surface area contributed by atoms with Gasteiger partial charge < -0.3 is 4.74 Å². The monoisotopic (exact) mass is 447 g/mol. The SMILES string of the molecule is CC(=O)Cc1cc(OCCN2CCC3(CC2)C(=O)C(C)C(C)Cc2ccccc23)ccc1C. The number of rotatable bonds is 6. The van der Waals surface area contributed by atoms with E-state index in [2.05, 4.69) is 43.0 Å². The van der Waals surface area contributed by atoms with Crippen molar-refractivity contribution >= 4 is 11.6 Å². The number of benzene rings is 2. The van der Waals surface area contributed by atoms with E-state index in [1.54, 1.807) is 6.92 Å². The molecule has 4 rings (SSSR count). The van der Waals surface area contributed by atoms with E-state index < -0.39 is 0 Å². The Kier molecular flexibility index (Phi) is 7.04. The average molecular weight is 448 g/mol. The number of hydrogen-bond donors (Lipinski definition) is 0. The van der Waals surface area contributed by atoms with Crippen LogP contribution < -0.4 is 4.74 Å². The van der Waals surface area contributed by atoms with Crippen LogP contribution in [0, 0.1) is 18.8 Å². The zero-order valence-corrected chi connectivity index (χ0v) is 20.5. The predicted molar refractivity (Wildman–Crippen MR) is 132 cm³/mol. The second kappa shape index (κ2) is 9.80. The molecule has 1 saturated heterocycles. The molecule has 2 aromatic carbocycles. The fraction of sp³-hybridized carbons (Fsp3) is 0.517. The van der Waals surface area contributed by atoms with Crippen molar-refractivity contribution in [3.63, 3.8) is 0 Å². The normalized spacial score (nSPS) is 22.6. The van der Waals surface area contributed by atoms with Gasteiger partial charge in [-0.25, -0.2) is 0 Å². The van der Waals surface area contributed by atoms with Gasteiger partial charge in [0.2, 0.25) is 0 Å². The number of aryl methyl sites for hydroxylation is 1. The Labute approximate surface area is 198 Å². The highest BCUT2D eigenvalue weighted by atomic mass is 16.5. The van der Waals surface area contributed by atoms with Crippen molar-refractivity contribution in [1.82, 2.24) is 4.90 Å². The van der Waals surface area contributed by atoms with Gasteiger partial charge in [0.15, 0.2) is 0 Å². The number of ether oxygens (including phenoxy) is 1. The van der Waals surface area contributed by atoms with Gasteiger partial charge in [-0.05, 0) is 86.5 Å². The first-order valence-electron chi connectivity index (χ1n) is 12.4.